The molecule has 0 amide bonds. The van der Waals surface area contributed by atoms with E-state index in [1.54, 1.807) is 6.07 Å². The van der Waals surface area contributed by atoms with E-state index < -0.39 is 11.6 Å². The third-order valence-electron chi connectivity index (χ3n) is 1.80. The van der Waals surface area contributed by atoms with Crippen LogP contribution in [0.3, 0.4) is 0 Å². The molecule has 1 aromatic heterocycles. The predicted octanol–water partition coefficient (Wildman–Crippen LogP) is 3.18. The molecule has 1 heterocycles. The molecule has 0 aliphatic heterocycles. The lowest BCUT2D eigenvalue weighted by Crippen LogP contribution is -1.91. The molecule has 2 nitrogen and oxygen atoms in total. The second kappa shape index (κ2) is 4.02. The summed E-state index contributed by atoms with van der Waals surface area (Å²) in [6, 6.07) is 5.20. The summed E-state index contributed by atoms with van der Waals surface area (Å²) in [7, 11) is 0. The summed E-state index contributed by atoms with van der Waals surface area (Å²) >= 11 is 3.17. The second-order valence-electron chi connectivity index (χ2n) is 2.83. The Balaban J connectivity index is 2.50. The highest BCUT2D eigenvalue weighted by molar-refractivity contribution is 9.10. The molecule has 0 saturated carbocycles. The molecule has 0 aliphatic carbocycles. The normalized spacial score (nSPS) is 10.3. The zero-order valence-corrected chi connectivity index (χ0v) is 9.00. The zero-order chi connectivity index (χ0) is 10.8. The molecule has 2 rings (SSSR count). The average molecular weight is 271 g/mol. The van der Waals surface area contributed by atoms with Gasteiger partial charge in [0.1, 0.15) is 4.60 Å². The van der Waals surface area contributed by atoms with Crippen molar-refractivity contribution in [1.82, 2.24) is 9.97 Å². The molecular formula is C10H5BrF2N2. The largest absolute Gasteiger partial charge is 0.237 e. The van der Waals surface area contributed by atoms with Gasteiger partial charge in [0.15, 0.2) is 17.5 Å². The van der Waals surface area contributed by atoms with Crippen LogP contribution in [0.1, 0.15) is 0 Å². The van der Waals surface area contributed by atoms with Gasteiger partial charge >= 0.3 is 0 Å². The molecule has 1 aromatic carbocycles. The maximum atomic E-state index is 12.9. The van der Waals surface area contributed by atoms with Crippen LogP contribution in [0.4, 0.5) is 8.78 Å². The van der Waals surface area contributed by atoms with Crippen LogP contribution in [-0.2, 0) is 0 Å². The highest BCUT2D eigenvalue weighted by atomic mass is 79.9. The average Bonchev–Trinajstić information content (AvgIpc) is 2.22. The first kappa shape index (κ1) is 10.2. The molecule has 0 unspecified atom stereocenters. The second-order valence-corrected chi connectivity index (χ2v) is 3.64. The van der Waals surface area contributed by atoms with Crippen LogP contribution in [0.2, 0.25) is 0 Å². The minimum atomic E-state index is -0.906. The molecule has 0 atom stereocenters. The lowest BCUT2D eigenvalue weighted by atomic mass is 10.2. The summed E-state index contributed by atoms with van der Waals surface area (Å²) in [5.41, 5.74) is 0.440. The highest BCUT2D eigenvalue weighted by Crippen LogP contribution is 2.18. The molecule has 2 aromatic rings. The van der Waals surface area contributed by atoms with Crippen LogP contribution in [0.25, 0.3) is 11.4 Å². The van der Waals surface area contributed by atoms with E-state index in [4.69, 9.17) is 0 Å². The predicted molar refractivity (Wildman–Crippen MR) is 55.1 cm³/mol. The minimum absolute atomic E-state index is 0.350. The Hall–Kier alpha value is -1.36. The molecule has 0 spiro atoms. The molecule has 5 heteroatoms. The Labute approximate surface area is 93.1 Å². The summed E-state index contributed by atoms with van der Waals surface area (Å²) in [5, 5.41) is 0. The van der Waals surface area contributed by atoms with Crippen LogP contribution >= 0.6 is 15.9 Å². The topological polar surface area (TPSA) is 25.8 Å². The third kappa shape index (κ3) is 2.18. The van der Waals surface area contributed by atoms with Crippen molar-refractivity contribution in [1.29, 1.82) is 0 Å². The van der Waals surface area contributed by atoms with Gasteiger partial charge in [-0.2, -0.15) is 0 Å². The van der Waals surface area contributed by atoms with Crippen LogP contribution in [-0.4, -0.2) is 9.97 Å². The summed E-state index contributed by atoms with van der Waals surface area (Å²) in [6.45, 7) is 0. The number of rotatable bonds is 1. The summed E-state index contributed by atoms with van der Waals surface area (Å²) in [6.07, 6.45) is 1.54. The standard InChI is InChI=1S/C10H5BrF2N2/c11-9-3-4-14-10(15-9)6-1-2-7(12)8(13)5-6/h1-5H. The number of halogens is 3. The van der Waals surface area contributed by atoms with E-state index >= 15 is 0 Å². The van der Waals surface area contributed by atoms with Gasteiger partial charge in [0.05, 0.1) is 0 Å². The Kier molecular flexibility index (Phi) is 2.73. The summed E-state index contributed by atoms with van der Waals surface area (Å²) < 4.78 is 26.2. The van der Waals surface area contributed by atoms with Gasteiger partial charge in [-0.3, -0.25) is 0 Å². The van der Waals surface area contributed by atoms with E-state index in [0.29, 0.717) is 16.0 Å². The van der Waals surface area contributed by atoms with Gasteiger partial charge in [-0.15, -0.1) is 0 Å². The fourth-order valence-electron chi connectivity index (χ4n) is 1.11. The molecule has 0 saturated heterocycles. The molecule has 0 radical (unpaired) electrons. The monoisotopic (exact) mass is 270 g/mol. The van der Waals surface area contributed by atoms with E-state index in [1.165, 1.54) is 12.3 Å². The van der Waals surface area contributed by atoms with E-state index in [2.05, 4.69) is 25.9 Å². The van der Waals surface area contributed by atoms with Crippen molar-refractivity contribution in [2.45, 2.75) is 0 Å². The summed E-state index contributed by atoms with van der Waals surface area (Å²) in [5.74, 6) is -1.44. The maximum absolute atomic E-state index is 12.9. The van der Waals surface area contributed by atoms with Crippen molar-refractivity contribution >= 4 is 15.9 Å². The summed E-state index contributed by atoms with van der Waals surface area (Å²) in [4.78, 5) is 7.98. The van der Waals surface area contributed by atoms with Crippen LogP contribution in [0.15, 0.2) is 35.1 Å². The van der Waals surface area contributed by atoms with Crippen molar-refractivity contribution in [3.05, 3.63) is 46.7 Å². The molecule has 0 aliphatic rings. The van der Waals surface area contributed by atoms with Gasteiger partial charge in [-0.25, -0.2) is 18.7 Å². The minimum Gasteiger partial charge on any atom is -0.237 e. The maximum Gasteiger partial charge on any atom is 0.160 e. The first-order valence-electron chi connectivity index (χ1n) is 4.11. The van der Waals surface area contributed by atoms with E-state index in [9.17, 15) is 8.78 Å². The first-order valence-corrected chi connectivity index (χ1v) is 4.90. The van der Waals surface area contributed by atoms with Gasteiger partial charge < -0.3 is 0 Å². The van der Waals surface area contributed by atoms with Gasteiger partial charge in [-0.1, -0.05) is 0 Å². The smallest absolute Gasteiger partial charge is 0.160 e. The number of aromatic nitrogens is 2. The van der Waals surface area contributed by atoms with E-state index in [-0.39, 0.29) is 0 Å². The molecule has 15 heavy (non-hydrogen) atoms. The van der Waals surface area contributed by atoms with Gasteiger partial charge in [0, 0.05) is 11.8 Å². The number of nitrogens with zero attached hydrogens (tertiary/aromatic N) is 2. The van der Waals surface area contributed by atoms with Gasteiger partial charge in [-0.05, 0) is 40.2 Å². The highest BCUT2D eigenvalue weighted by Gasteiger charge is 2.06. The van der Waals surface area contributed by atoms with Crippen molar-refractivity contribution < 1.29 is 8.78 Å². The van der Waals surface area contributed by atoms with Gasteiger partial charge in [0.25, 0.3) is 0 Å². The van der Waals surface area contributed by atoms with Crippen LogP contribution in [0.5, 0.6) is 0 Å². The Bertz CT molecular complexity index is 503. The van der Waals surface area contributed by atoms with E-state index in [1.807, 2.05) is 0 Å². The van der Waals surface area contributed by atoms with Crippen LogP contribution < -0.4 is 0 Å². The quantitative estimate of drug-likeness (QED) is 0.744. The lowest BCUT2D eigenvalue weighted by molar-refractivity contribution is 0.509. The molecule has 0 fully saturated rings. The van der Waals surface area contributed by atoms with Gasteiger partial charge in [0.2, 0.25) is 0 Å². The zero-order valence-electron chi connectivity index (χ0n) is 7.42. The number of hydrogen-bond donors (Lipinski definition) is 0. The van der Waals surface area contributed by atoms with E-state index in [0.717, 1.165) is 12.1 Å². The Morgan fingerprint density at radius 1 is 1.07 bits per heavy atom. The molecule has 76 valence electrons. The van der Waals surface area contributed by atoms with Crippen molar-refractivity contribution in [2.75, 3.05) is 0 Å². The fourth-order valence-corrected chi connectivity index (χ4v) is 1.40. The fraction of sp³-hybridized carbons (Fsp3) is 0. The Morgan fingerprint density at radius 2 is 1.87 bits per heavy atom. The third-order valence-corrected chi connectivity index (χ3v) is 2.24. The number of benzene rings is 1. The molecule has 0 bridgehead atoms. The van der Waals surface area contributed by atoms with Crippen molar-refractivity contribution in [2.24, 2.45) is 0 Å². The number of hydrogen-bond acceptors (Lipinski definition) is 2. The van der Waals surface area contributed by atoms with Crippen molar-refractivity contribution in [3.63, 3.8) is 0 Å². The Morgan fingerprint density at radius 3 is 2.53 bits per heavy atom. The van der Waals surface area contributed by atoms with Crippen molar-refractivity contribution in [3.8, 4) is 11.4 Å². The molecular weight excluding hydrogens is 266 g/mol. The first-order chi connectivity index (χ1) is 7.16. The van der Waals surface area contributed by atoms with Crippen LogP contribution in [0, 0.1) is 11.6 Å². The SMILES string of the molecule is Fc1ccc(-c2nccc(Br)n2)cc1F. The lowest BCUT2D eigenvalue weighted by Gasteiger charge is -2.00. The molecule has 0 N–H and O–H groups in total.